The molecule has 2 aromatic carbocycles. The Kier molecular flexibility index (Phi) is 6.11. The van der Waals surface area contributed by atoms with Gasteiger partial charge < -0.3 is 9.80 Å². The molecule has 1 aliphatic rings. The molecule has 0 spiro atoms. The zero-order valence-corrected chi connectivity index (χ0v) is 18.4. The van der Waals surface area contributed by atoms with Gasteiger partial charge in [0.1, 0.15) is 5.82 Å². The summed E-state index contributed by atoms with van der Waals surface area (Å²) < 4.78 is 4.86. The number of Topliss-reactive ketones (excluding diaryl/α,β-unsaturated/α-hetero) is 1. The van der Waals surface area contributed by atoms with E-state index in [0.29, 0.717) is 0 Å². The van der Waals surface area contributed by atoms with E-state index in [-0.39, 0.29) is 5.78 Å². The highest BCUT2D eigenvalue weighted by atomic mass is 32.1. The molecule has 156 valence electrons. The average Bonchev–Trinajstić information content (AvgIpc) is 3.02. The first kappa shape index (κ1) is 20.5. The Hall–Kier alpha value is -2.77. The molecule has 1 fully saturated rings. The lowest BCUT2D eigenvalue weighted by molar-refractivity contribution is -0.924. The zero-order valence-electron chi connectivity index (χ0n) is 17.5. The van der Waals surface area contributed by atoms with Crippen LogP contribution in [-0.2, 0) is 13.2 Å². The van der Waals surface area contributed by atoms with Crippen LogP contribution in [0.25, 0.3) is 0 Å². The Labute approximate surface area is 182 Å². The molecule has 3 aromatic rings. The van der Waals surface area contributed by atoms with Gasteiger partial charge in [-0.05, 0) is 55.9 Å². The van der Waals surface area contributed by atoms with Crippen LogP contribution in [-0.4, -0.2) is 46.3 Å². The molecule has 7 heteroatoms. The summed E-state index contributed by atoms with van der Waals surface area (Å²) in [6.45, 7) is 9.18. The summed E-state index contributed by atoms with van der Waals surface area (Å²) in [6.07, 6.45) is 0. The Bertz CT molecular complexity index is 1060. The van der Waals surface area contributed by atoms with Crippen LogP contribution in [0.3, 0.4) is 0 Å². The monoisotopic (exact) mass is 422 g/mol. The van der Waals surface area contributed by atoms with E-state index in [1.165, 1.54) is 16.2 Å². The van der Waals surface area contributed by atoms with Crippen molar-refractivity contribution in [2.75, 3.05) is 31.1 Å². The van der Waals surface area contributed by atoms with E-state index < -0.39 is 0 Å². The second-order valence-corrected chi connectivity index (χ2v) is 8.26. The van der Waals surface area contributed by atoms with Gasteiger partial charge in [0, 0.05) is 11.3 Å². The fourth-order valence-corrected chi connectivity index (χ4v) is 4.26. The molecule has 0 unspecified atom stereocenters. The summed E-state index contributed by atoms with van der Waals surface area (Å²) in [5, 5.41) is 4.71. The Balaban J connectivity index is 1.38. The molecule has 0 amide bonds. The lowest BCUT2D eigenvalue weighted by Crippen LogP contribution is -3.14. The third-order valence-corrected chi connectivity index (χ3v) is 6.21. The summed E-state index contributed by atoms with van der Waals surface area (Å²) in [4.78, 5) is 15.3. The Morgan fingerprint density at radius 1 is 1.07 bits per heavy atom. The molecular formula is C23H28N5OS+. The topological polar surface area (TPSA) is 47.5 Å². The van der Waals surface area contributed by atoms with Crippen molar-refractivity contribution in [1.29, 1.82) is 0 Å². The highest BCUT2D eigenvalue weighted by Gasteiger charge is 2.22. The third-order valence-electron chi connectivity index (χ3n) is 5.77. The minimum atomic E-state index is 0.106. The minimum Gasteiger partial charge on any atom is -0.360 e. The number of anilines is 1. The van der Waals surface area contributed by atoms with Crippen molar-refractivity contribution in [3.8, 4) is 0 Å². The molecule has 1 N–H and O–H groups in total. The number of carbonyl (C=O) groups is 1. The normalized spacial score (nSPS) is 14.8. The molecule has 1 aliphatic heterocycles. The molecule has 2 heterocycles. The number of hydrogen-bond donors (Lipinski definition) is 1. The number of benzene rings is 2. The standard InChI is InChI=1S/C23H27N5OS/c1-18(29)21-8-10-22(11-9-21)26-14-12-25(13-15-26)17-28-23(30)27(19(2)24-28)16-20-6-4-3-5-7-20/h3-11H,12-17H2,1-2H3/p+1. The number of nitrogens with zero attached hydrogens (tertiary/aromatic N) is 4. The number of ketones is 1. The number of carbonyl (C=O) groups excluding carboxylic acids is 1. The van der Waals surface area contributed by atoms with E-state index >= 15 is 0 Å². The second kappa shape index (κ2) is 8.93. The SMILES string of the molecule is CC(=O)c1ccc(N2CC[NH+](Cn3nc(C)n(Cc4ccccc4)c3=S)CC2)cc1. The molecule has 0 radical (unpaired) electrons. The number of aryl methyl sites for hydroxylation is 1. The van der Waals surface area contributed by atoms with E-state index in [1.807, 2.05) is 41.9 Å². The first-order chi connectivity index (χ1) is 14.5. The van der Waals surface area contributed by atoms with Crippen molar-refractivity contribution in [3.63, 3.8) is 0 Å². The van der Waals surface area contributed by atoms with Crippen LogP contribution in [0.15, 0.2) is 54.6 Å². The van der Waals surface area contributed by atoms with E-state index in [9.17, 15) is 4.79 Å². The van der Waals surface area contributed by atoms with Crippen LogP contribution in [0, 0.1) is 11.7 Å². The molecule has 0 saturated carbocycles. The molecule has 0 aliphatic carbocycles. The lowest BCUT2D eigenvalue weighted by Gasteiger charge is -2.33. The molecule has 0 atom stereocenters. The van der Waals surface area contributed by atoms with Gasteiger partial charge in [0.2, 0.25) is 4.77 Å². The molecule has 1 saturated heterocycles. The van der Waals surface area contributed by atoms with Gasteiger partial charge in [0.15, 0.2) is 12.5 Å². The van der Waals surface area contributed by atoms with Gasteiger partial charge in [-0.2, -0.15) is 9.78 Å². The van der Waals surface area contributed by atoms with Crippen molar-refractivity contribution in [2.24, 2.45) is 0 Å². The van der Waals surface area contributed by atoms with Gasteiger partial charge in [-0.1, -0.05) is 30.3 Å². The number of rotatable bonds is 6. The van der Waals surface area contributed by atoms with Gasteiger partial charge in [-0.3, -0.25) is 9.36 Å². The first-order valence-electron chi connectivity index (χ1n) is 10.4. The Morgan fingerprint density at radius 3 is 2.37 bits per heavy atom. The van der Waals surface area contributed by atoms with Gasteiger partial charge in [-0.25, -0.2) is 0 Å². The van der Waals surface area contributed by atoms with Crippen molar-refractivity contribution in [2.45, 2.75) is 27.1 Å². The lowest BCUT2D eigenvalue weighted by atomic mass is 10.1. The first-order valence-corrected chi connectivity index (χ1v) is 10.8. The third kappa shape index (κ3) is 4.52. The van der Waals surface area contributed by atoms with Crippen LogP contribution >= 0.6 is 12.2 Å². The molecule has 30 heavy (non-hydrogen) atoms. The van der Waals surface area contributed by atoms with Crippen molar-refractivity contribution in [1.82, 2.24) is 14.3 Å². The number of piperazine rings is 1. The van der Waals surface area contributed by atoms with E-state index in [4.69, 9.17) is 17.3 Å². The maximum absolute atomic E-state index is 11.5. The fraction of sp³-hybridized carbons (Fsp3) is 0.348. The largest absolute Gasteiger partial charge is 0.360 e. The van der Waals surface area contributed by atoms with Crippen LogP contribution in [0.2, 0.25) is 0 Å². The van der Waals surface area contributed by atoms with Gasteiger partial charge in [0.05, 0.1) is 32.7 Å². The Morgan fingerprint density at radius 2 is 1.73 bits per heavy atom. The summed E-state index contributed by atoms with van der Waals surface area (Å²) in [7, 11) is 0. The number of hydrogen-bond acceptors (Lipinski definition) is 4. The smallest absolute Gasteiger partial charge is 0.203 e. The van der Waals surface area contributed by atoms with Crippen LogP contribution in [0.1, 0.15) is 28.7 Å². The van der Waals surface area contributed by atoms with Gasteiger partial charge >= 0.3 is 0 Å². The van der Waals surface area contributed by atoms with Crippen molar-refractivity contribution in [3.05, 3.63) is 76.3 Å². The molecule has 6 nitrogen and oxygen atoms in total. The van der Waals surface area contributed by atoms with Crippen molar-refractivity contribution < 1.29 is 9.69 Å². The van der Waals surface area contributed by atoms with Crippen LogP contribution in [0.5, 0.6) is 0 Å². The maximum Gasteiger partial charge on any atom is 0.203 e. The summed E-state index contributed by atoms with van der Waals surface area (Å²) >= 11 is 5.73. The average molecular weight is 423 g/mol. The molecule has 4 rings (SSSR count). The van der Waals surface area contributed by atoms with E-state index in [2.05, 4.69) is 33.7 Å². The predicted molar refractivity (Wildman–Crippen MR) is 121 cm³/mol. The van der Waals surface area contributed by atoms with Crippen LogP contribution < -0.4 is 9.80 Å². The zero-order chi connectivity index (χ0) is 21.1. The highest BCUT2D eigenvalue weighted by molar-refractivity contribution is 7.71. The van der Waals surface area contributed by atoms with E-state index in [0.717, 1.165) is 55.6 Å². The van der Waals surface area contributed by atoms with Crippen molar-refractivity contribution >= 4 is 23.7 Å². The molecule has 1 aromatic heterocycles. The summed E-state index contributed by atoms with van der Waals surface area (Å²) in [6, 6.07) is 18.3. The molecular weight excluding hydrogens is 394 g/mol. The maximum atomic E-state index is 11.5. The van der Waals surface area contributed by atoms with Gasteiger partial charge in [-0.15, -0.1) is 0 Å². The minimum absolute atomic E-state index is 0.106. The number of aromatic nitrogens is 3. The van der Waals surface area contributed by atoms with Crippen LogP contribution in [0.4, 0.5) is 5.69 Å². The summed E-state index contributed by atoms with van der Waals surface area (Å²) in [5.74, 6) is 1.06. The summed E-state index contributed by atoms with van der Waals surface area (Å²) in [5.41, 5.74) is 3.17. The fourth-order valence-electron chi connectivity index (χ4n) is 3.96. The highest BCUT2D eigenvalue weighted by Crippen LogP contribution is 2.15. The predicted octanol–water partition coefficient (Wildman–Crippen LogP) is 2.34. The quantitative estimate of drug-likeness (QED) is 0.489. The molecule has 0 bridgehead atoms. The van der Waals surface area contributed by atoms with Gasteiger partial charge in [0.25, 0.3) is 0 Å². The second-order valence-electron chi connectivity index (χ2n) is 7.90. The number of nitrogens with one attached hydrogen (secondary N) is 1. The van der Waals surface area contributed by atoms with E-state index in [1.54, 1.807) is 6.92 Å². The number of quaternary nitrogens is 1.